The molecule has 0 aromatic heterocycles. The van der Waals surface area contributed by atoms with Gasteiger partial charge in [0.15, 0.2) is 0 Å². The van der Waals surface area contributed by atoms with E-state index in [9.17, 15) is 14.7 Å². The minimum absolute atomic E-state index is 0. The minimum Gasteiger partial charge on any atom is -0.460 e. The number of carbonyl (C=O) groups is 2. The molecular weight excluding hydrogens is 480 g/mol. The SMILES string of the molecule is CC(C)(C)OC(=O)N1[C@H](CO)C[C@@H]2CCC[C@@H]21.Cl.O=C(OCc1ccccc1)[C@@H]1C[C@@H]2CCC[C@@H]2N1. The molecule has 8 heteroatoms. The Morgan fingerprint density at radius 1 is 1.03 bits per heavy atom. The molecule has 2 saturated heterocycles. The Morgan fingerprint density at radius 2 is 1.72 bits per heavy atom. The first kappa shape index (κ1) is 28.7. The summed E-state index contributed by atoms with van der Waals surface area (Å²) in [5.74, 6) is 1.17. The lowest BCUT2D eigenvalue weighted by atomic mass is 10.0. The molecule has 1 aromatic rings. The topological polar surface area (TPSA) is 88.1 Å². The molecule has 4 fully saturated rings. The van der Waals surface area contributed by atoms with Crippen LogP contribution >= 0.6 is 12.4 Å². The van der Waals surface area contributed by atoms with Gasteiger partial charge in [-0.3, -0.25) is 9.69 Å². The average Bonchev–Trinajstić information content (AvgIpc) is 3.57. The van der Waals surface area contributed by atoms with Crippen molar-refractivity contribution >= 4 is 24.5 Å². The highest BCUT2D eigenvalue weighted by Crippen LogP contribution is 2.41. The number of rotatable bonds is 4. The molecule has 1 aromatic carbocycles. The molecule has 1 amide bonds. The van der Waals surface area contributed by atoms with Gasteiger partial charge in [0, 0.05) is 12.1 Å². The fraction of sp³-hybridized carbons (Fsp3) is 0.714. The van der Waals surface area contributed by atoms with E-state index in [0.717, 1.165) is 24.8 Å². The van der Waals surface area contributed by atoms with Gasteiger partial charge < -0.3 is 19.9 Å². The van der Waals surface area contributed by atoms with Gasteiger partial charge in [-0.15, -0.1) is 12.4 Å². The number of benzene rings is 1. The monoisotopic (exact) mass is 522 g/mol. The number of carbonyl (C=O) groups excluding carboxylic acids is 2. The summed E-state index contributed by atoms with van der Waals surface area (Å²) < 4.78 is 10.8. The normalized spacial score (nSPS) is 30.5. The zero-order chi connectivity index (χ0) is 25.0. The van der Waals surface area contributed by atoms with Crippen molar-refractivity contribution in [2.45, 2.75) is 109 Å². The number of hydrogen-bond acceptors (Lipinski definition) is 6. The molecule has 7 nitrogen and oxygen atoms in total. The number of halogens is 1. The first-order chi connectivity index (χ1) is 16.7. The third kappa shape index (κ3) is 7.14. The molecule has 0 bridgehead atoms. The van der Waals surface area contributed by atoms with Crippen LogP contribution in [0.4, 0.5) is 4.79 Å². The highest BCUT2D eigenvalue weighted by Gasteiger charge is 2.47. The van der Waals surface area contributed by atoms with Gasteiger partial charge in [-0.1, -0.05) is 43.2 Å². The van der Waals surface area contributed by atoms with Gasteiger partial charge in [-0.25, -0.2) is 4.79 Å². The lowest BCUT2D eigenvalue weighted by Crippen LogP contribution is -2.45. The summed E-state index contributed by atoms with van der Waals surface area (Å²) in [7, 11) is 0. The second-order valence-corrected chi connectivity index (χ2v) is 11.6. The molecule has 202 valence electrons. The average molecular weight is 523 g/mol. The number of aliphatic hydroxyl groups is 1. The van der Waals surface area contributed by atoms with Crippen molar-refractivity contribution in [1.82, 2.24) is 10.2 Å². The number of ether oxygens (including phenoxy) is 2. The number of aliphatic hydroxyl groups excluding tert-OH is 1. The van der Waals surface area contributed by atoms with Crippen LogP contribution in [0, 0.1) is 11.8 Å². The zero-order valence-corrected chi connectivity index (χ0v) is 22.7. The molecule has 5 rings (SSSR count). The number of likely N-dealkylation sites (tertiary alicyclic amines) is 1. The van der Waals surface area contributed by atoms with E-state index in [1.807, 2.05) is 51.1 Å². The Balaban J connectivity index is 0.000000196. The maximum absolute atomic E-state index is 12.2. The van der Waals surface area contributed by atoms with E-state index in [-0.39, 0.29) is 43.2 Å². The van der Waals surface area contributed by atoms with Crippen molar-refractivity contribution in [1.29, 1.82) is 0 Å². The van der Waals surface area contributed by atoms with Gasteiger partial charge in [0.1, 0.15) is 18.2 Å². The Kier molecular flexibility index (Phi) is 10.1. The summed E-state index contributed by atoms with van der Waals surface area (Å²) in [6.45, 7) is 6.06. The van der Waals surface area contributed by atoms with Crippen LogP contribution in [0.15, 0.2) is 30.3 Å². The molecule has 4 aliphatic rings. The highest BCUT2D eigenvalue weighted by atomic mass is 35.5. The van der Waals surface area contributed by atoms with Crippen molar-refractivity contribution in [3.05, 3.63) is 35.9 Å². The number of nitrogens with one attached hydrogen (secondary N) is 1. The fourth-order valence-electron chi connectivity index (χ4n) is 6.31. The summed E-state index contributed by atoms with van der Waals surface area (Å²) in [5.41, 5.74) is 0.581. The van der Waals surface area contributed by atoms with Crippen LogP contribution in [0.2, 0.25) is 0 Å². The van der Waals surface area contributed by atoms with Gasteiger partial charge in [0.05, 0.1) is 12.6 Å². The number of nitrogens with zero attached hydrogens (tertiary/aromatic N) is 1. The van der Waals surface area contributed by atoms with Crippen LogP contribution in [-0.2, 0) is 20.9 Å². The molecule has 2 aliphatic heterocycles. The molecule has 0 radical (unpaired) electrons. The molecule has 36 heavy (non-hydrogen) atoms. The predicted molar refractivity (Wildman–Crippen MR) is 141 cm³/mol. The number of amides is 1. The maximum Gasteiger partial charge on any atom is 0.410 e. The molecule has 6 atom stereocenters. The van der Waals surface area contributed by atoms with Crippen LogP contribution in [0.5, 0.6) is 0 Å². The molecule has 2 heterocycles. The van der Waals surface area contributed by atoms with Crippen LogP contribution < -0.4 is 5.32 Å². The maximum atomic E-state index is 12.2. The largest absolute Gasteiger partial charge is 0.460 e. The van der Waals surface area contributed by atoms with Gasteiger partial charge >= 0.3 is 12.1 Å². The molecule has 0 unspecified atom stereocenters. The third-order valence-electron chi connectivity index (χ3n) is 7.88. The van der Waals surface area contributed by atoms with E-state index in [0.29, 0.717) is 30.5 Å². The summed E-state index contributed by atoms with van der Waals surface area (Å²) in [6.07, 6.45) is 8.83. The van der Waals surface area contributed by atoms with Gasteiger partial charge in [0.2, 0.25) is 0 Å². The highest BCUT2D eigenvalue weighted by molar-refractivity contribution is 5.85. The van der Waals surface area contributed by atoms with E-state index in [1.165, 1.54) is 32.1 Å². The summed E-state index contributed by atoms with van der Waals surface area (Å²) in [5, 5.41) is 12.8. The molecule has 2 saturated carbocycles. The van der Waals surface area contributed by atoms with E-state index in [4.69, 9.17) is 9.47 Å². The van der Waals surface area contributed by atoms with Gasteiger partial charge in [-0.05, 0) is 76.7 Å². The summed E-state index contributed by atoms with van der Waals surface area (Å²) in [6, 6.07) is 10.6. The number of fused-ring (bicyclic) bond motifs is 2. The van der Waals surface area contributed by atoms with Gasteiger partial charge in [0.25, 0.3) is 0 Å². The Bertz CT molecular complexity index is 849. The smallest absolute Gasteiger partial charge is 0.410 e. The Hall–Kier alpha value is -1.83. The third-order valence-corrected chi connectivity index (χ3v) is 7.88. The van der Waals surface area contributed by atoms with Crippen molar-refractivity contribution in [3.8, 4) is 0 Å². The van der Waals surface area contributed by atoms with Crippen molar-refractivity contribution in [3.63, 3.8) is 0 Å². The van der Waals surface area contributed by atoms with Crippen molar-refractivity contribution < 1.29 is 24.2 Å². The second kappa shape index (κ2) is 12.6. The predicted octanol–water partition coefficient (Wildman–Crippen LogP) is 4.84. The summed E-state index contributed by atoms with van der Waals surface area (Å²) in [4.78, 5) is 25.9. The van der Waals surface area contributed by atoms with Crippen LogP contribution in [0.3, 0.4) is 0 Å². The zero-order valence-electron chi connectivity index (χ0n) is 21.9. The molecule has 2 aliphatic carbocycles. The van der Waals surface area contributed by atoms with E-state index in [2.05, 4.69) is 5.32 Å². The lowest BCUT2D eigenvalue weighted by molar-refractivity contribution is -0.147. The number of hydrogen-bond donors (Lipinski definition) is 2. The van der Waals surface area contributed by atoms with E-state index >= 15 is 0 Å². The Labute approximate surface area is 221 Å². The fourth-order valence-corrected chi connectivity index (χ4v) is 6.31. The second-order valence-electron chi connectivity index (χ2n) is 11.6. The lowest BCUT2D eigenvalue weighted by Gasteiger charge is -2.31. The standard InChI is InChI=1S/C15H19NO2.C13H23NO3.ClH/c17-15(18-10-11-5-2-1-3-6-11)14-9-12-7-4-8-13(12)16-14;1-13(2,3)17-12(16)14-10(8-15)7-9-5-4-6-11(9)14;/h1-3,5-6,12-14,16H,4,7-10H2;9-11,15H,4-8H2,1-3H3;1H/t12-,13-,14-;9-,10-,11-;/m00./s1. The molecular formula is C28H43ClN2O5. The quantitative estimate of drug-likeness (QED) is 0.550. The first-order valence-electron chi connectivity index (χ1n) is 13.3. The van der Waals surface area contributed by atoms with Crippen molar-refractivity contribution in [2.75, 3.05) is 6.61 Å². The van der Waals surface area contributed by atoms with Crippen LogP contribution in [0.1, 0.15) is 77.7 Å². The van der Waals surface area contributed by atoms with E-state index in [1.54, 1.807) is 4.90 Å². The minimum atomic E-state index is -0.465. The van der Waals surface area contributed by atoms with Crippen molar-refractivity contribution in [2.24, 2.45) is 11.8 Å². The molecule has 0 spiro atoms. The van der Waals surface area contributed by atoms with Crippen LogP contribution in [0.25, 0.3) is 0 Å². The van der Waals surface area contributed by atoms with Crippen LogP contribution in [-0.4, -0.2) is 58.4 Å². The molecule has 2 N–H and O–H groups in total. The number of esters is 1. The van der Waals surface area contributed by atoms with Gasteiger partial charge in [-0.2, -0.15) is 0 Å². The summed E-state index contributed by atoms with van der Waals surface area (Å²) >= 11 is 0. The Morgan fingerprint density at radius 3 is 2.39 bits per heavy atom. The van der Waals surface area contributed by atoms with E-state index < -0.39 is 5.60 Å². The first-order valence-corrected chi connectivity index (χ1v) is 13.3.